The summed E-state index contributed by atoms with van der Waals surface area (Å²) >= 11 is 3.25. The number of carbonyl (C=O) groups is 1. The Morgan fingerprint density at radius 1 is 1.42 bits per heavy atom. The zero-order chi connectivity index (χ0) is 8.97. The Hall–Kier alpha value is -0.0500. The first-order valence-corrected chi connectivity index (χ1v) is 5.56. The maximum absolute atomic E-state index is 11.3. The average Bonchev–Trinajstić information content (AvgIpc) is 2.06. The van der Waals surface area contributed by atoms with Gasteiger partial charge in [-0.05, 0) is 19.8 Å². The fourth-order valence-corrected chi connectivity index (χ4v) is 1.70. The molecule has 0 spiro atoms. The fraction of sp³-hybridized carbons (Fsp3) is 0.889. The second kappa shape index (κ2) is 4.85. The summed E-state index contributed by atoms with van der Waals surface area (Å²) < 4.78 is 0. The Morgan fingerprint density at radius 3 is 2.50 bits per heavy atom. The van der Waals surface area contributed by atoms with Gasteiger partial charge in [0.2, 0.25) is 5.91 Å². The second-order valence-electron chi connectivity index (χ2n) is 3.46. The van der Waals surface area contributed by atoms with Gasteiger partial charge in [0, 0.05) is 6.04 Å². The molecule has 0 aromatic carbocycles. The number of hydrogen-bond acceptors (Lipinski definition) is 1. The number of alkyl halides is 1. The van der Waals surface area contributed by atoms with Gasteiger partial charge in [-0.1, -0.05) is 35.2 Å². The molecule has 2 nitrogen and oxygen atoms in total. The minimum absolute atomic E-state index is 0.0561. The van der Waals surface area contributed by atoms with Gasteiger partial charge in [0.05, 0.1) is 4.83 Å². The smallest absolute Gasteiger partial charge is 0.233 e. The van der Waals surface area contributed by atoms with Crippen LogP contribution in [0.5, 0.6) is 0 Å². The highest BCUT2D eigenvalue weighted by molar-refractivity contribution is 9.10. The van der Waals surface area contributed by atoms with E-state index in [1.807, 2.05) is 6.92 Å². The number of nitrogens with one attached hydrogen (secondary N) is 1. The molecule has 12 heavy (non-hydrogen) atoms. The molecule has 0 radical (unpaired) electrons. The highest BCUT2D eigenvalue weighted by Gasteiger charge is 2.17. The molecule has 70 valence electrons. The van der Waals surface area contributed by atoms with E-state index < -0.39 is 0 Å². The predicted molar refractivity (Wildman–Crippen MR) is 53.4 cm³/mol. The summed E-state index contributed by atoms with van der Waals surface area (Å²) in [4.78, 5) is 11.2. The third-order valence-electron chi connectivity index (χ3n) is 2.31. The fourth-order valence-electron chi connectivity index (χ4n) is 1.56. The topological polar surface area (TPSA) is 29.1 Å². The molecule has 0 aromatic rings. The van der Waals surface area contributed by atoms with Crippen molar-refractivity contribution in [2.24, 2.45) is 0 Å². The number of amides is 1. The molecule has 0 aliphatic heterocycles. The Kier molecular flexibility index (Phi) is 4.06. The van der Waals surface area contributed by atoms with Crippen molar-refractivity contribution in [3.8, 4) is 0 Å². The van der Waals surface area contributed by atoms with Crippen molar-refractivity contribution in [2.45, 2.75) is 49.9 Å². The van der Waals surface area contributed by atoms with E-state index in [2.05, 4.69) is 21.2 Å². The molecule has 1 rings (SSSR count). The van der Waals surface area contributed by atoms with E-state index in [9.17, 15) is 4.79 Å². The van der Waals surface area contributed by atoms with Gasteiger partial charge < -0.3 is 5.32 Å². The van der Waals surface area contributed by atoms with Crippen LogP contribution in [0, 0.1) is 0 Å². The van der Waals surface area contributed by atoms with Gasteiger partial charge in [0.15, 0.2) is 0 Å². The normalized spacial score (nSPS) is 21.8. The lowest BCUT2D eigenvalue weighted by Gasteiger charge is -2.23. The first kappa shape index (κ1) is 10.0. The predicted octanol–water partition coefficient (Wildman–Crippen LogP) is 2.22. The van der Waals surface area contributed by atoms with E-state index in [1.165, 1.54) is 19.3 Å². The van der Waals surface area contributed by atoms with Crippen molar-refractivity contribution in [1.29, 1.82) is 0 Å². The molecule has 1 amide bonds. The van der Waals surface area contributed by atoms with Gasteiger partial charge in [-0.15, -0.1) is 0 Å². The molecule has 1 atom stereocenters. The molecule has 1 fully saturated rings. The van der Waals surface area contributed by atoms with E-state index in [0.717, 1.165) is 12.8 Å². The zero-order valence-electron chi connectivity index (χ0n) is 7.48. The minimum atomic E-state index is -0.0561. The Bertz CT molecular complexity index is 153. The van der Waals surface area contributed by atoms with Crippen molar-refractivity contribution in [2.75, 3.05) is 0 Å². The van der Waals surface area contributed by atoms with Crippen molar-refractivity contribution in [1.82, 2.24) is 5.32 Å². The molecule has 1 N–H and O–H groups in total. The van der Waals surface area contributed by atoms with Crippen LogP contribution >= 0.6 is 15.9 Å². The maximum atomic E-state index is 11.3. The molecule has 1 aliphatic carbocycles. The Labute approximate surface area is 82.2 Å². The first-order valence-electron chi connectivity index (χ1n) is 4.64. The lowest BCUT2D eigenvalue weighted by molar-refractivity contribution is -0.121. The summed E-state index contributed by atoms with van der Waals surface area (Å²) in [5.41, 5.74) is 0. The van der Waals surface area contributed by atoms with Crippen molar-refractivity contribution >= 4 is 21.8 Å². The van der Waals surface area contributed by atoms with Crippen LogP contribution in [0.25, 0.3) is 0 Å². The van der Waals surface area contributed by atoms with Gasteiger partial charge in [-0.2, -0.15) is 0 Å². The molecule has 1 aliphatic rings. The molecule has 1 saturated carbocycles. The summed E-state index contributed by atoms with van der Waals surface area (Å²) in [7, 11) is 0. The van der Waals surface area contributed by atoms with Gasteiger partial charge in [-0.25, -0.2) is 0 Å². The van der Waals surface area contributed by atoms with E-state index in [0.29, 0.717) is 6.04 Å². The van der Waals surface area contributed by atoms with Gasteiger partial charge in [-0.3, -0.25) is 4.79 Å². The maximum Gasteiger partial charge on any atom is 0.233 e. The van der Waals surface area contributed by atoms with Crippen LogP contribution in [-0.2, 0) is 4.79 Å². The van der Waals surface area contributed by atoms with Crippen LogP contribution in [0.2, 0.25) is 0 Å². The summed E-state index contributed by atoms with van der Waals surface area (Å²) in [6.07, 6.45) is 6.18. The highest BCUT2D eigenvalue weighted by Crippen LogP contribution is 2.17. The largest absolute Gasteiger partial charge is 0.352 e. The summed E-state index contributed by atoms with van der Waals surface area (Å²) in [6, 6.07) is 0.436. The number of hydrogen-bond donors (Lipinski definition) is 1. The molecule has 0 unspecified atom stereocenters. The van der Waals surface area contributed by atoms with Crippen LogP contribution in [0.15, 0.2) is 0 Å². The average molecular weight is 234 g/mol. The monoisotopic (exact) mass is 233 g/mol. The lowest BCUT2D eigenvalue weighted by Crippen LogP contribution is -2.39. The summed E-state index contributed by atoms with van der Waals surface area (Å²) in [5.74, 6) is 0.127. The SMILES string of the molecule is C[C@H](Br)C(=O)NC1CCCCC1. The van der Waals surface area contributed by atoms with Crippen LogP contribution in [-0.4, -0.2) is 16.8 Å². The van der Waals surface area contributed by atoms with Crippen molar-refractivity contribution in [3.05, 3.63) is 0 Å². The number of rotatable bonds is 2. The van der Waals surface area contributed by atoms with Crippen LogP contribution in [0.3, 0.4) is 0 Å². The van der Waals surface area contributed by atoms with E-state index in [1.54, 1.807) is 0 Å². The van der Waals surface area contributed by atoms with Gasteiger partial charge >= 0.3 is 0 Å². The van der Waals surface area contributed by atoms with Crippen LogP contribution in [0.1, 0.15) is 39.0 Å². The van der Waals surface area contributed by atoms with E-state index in [-0.39, 0.29) is 10.7 Å². The quantitative estimate of drug-likeness (QED) is 0.729. The summed E-state index contributed by atoms with van der Waals surface area (Å²) in [6.45, 7) is 1.86. The molecular weight excluding hydrogens is 218 g/mol. The minimum Gasteiger partial charge on any atom is -0.352 e. The molecule has 0 saturated heterocycles. The first-order chi connectivity index (χ1) is 5.70. The number of carbonyl (C=O) groups excluding carboxylic acids is 1. The number of halogens is 1. The molecular formula is C9H16BrNO. The van der Waals surface area contributed by atoms with E-state index >= 15 is 0 Å². The summed E-state index contributed by atoms with van der Waals surface area (Å²) in [5, 5.41) is 3.03. The zero-order valence-corrected chi connectivity index (χ0v) is 9.06. The molecule has 0 heterocycles. The van der Waals surface area contributed by atoms with Gasteiger partial charge in [0.1, 0.15) is 0 Å². The lowest BCUT2D eigenvalue weighted by atomic mass is 9.95. The van der Waals surface area contributed by atoms with Crippen LogP contribution in [0.4, 0.5) is 0 Å². The van der Waals surface area contributed by atoms with Gasteiger partial charge in [0.25, 0.3) is 0 Å². The Morgan fingerprint density at radius 2 is 2.00 bits per heavy atom. The molecule has 0 bridgehead atoms. The molecule has 3 heteroatoms. The highest BCUT2D eigenvalue weighted by atomic mass is 79.9. The van der Waals surface area contributed by atoms with Crippen LogP contribution < -0.4 is 5.32 Å². The standard InChI is InChI=1S/C9H16BrNO/c1-7(10)9(12)11-8-5-3-2-4-6-8/h7-8H,2-6H2,1H3,(H,11,12)/t7-/m0/s1. The second-order valence-corrected chi connectivity index (χ2v) is 4.83. The third kappa shape index (κ3) is 3.13. The van der Waals surface area contributed by atoms with E-state index in [4.69, 9.17) is 0 Å². The third-order valence-corrected chi connectivity index (χ3v) is 2.73. The Balaban J connectivity index is 2.24. The van der Waals surface area contributed by atoms with Crippen molar-refractivity contribution < 1.29 is 4.79 Å². The molecule has 0 aromatic heterocycles. The van der Waals surface area contributed by atoms with Crippen molar-refractivity contribution in [3.63, 3.8) is 0 Å².